The molecule has 0 saturated heterocycles. The molecule has 7 nitrogen and oxygen atoms in total. The minimum absolute atomic E-state index is 0.230. The number of nitrogens with zero attached hydrogens (tertiary/aromatic N) is 4. The zero-order chi connectivity index (χ0) is 19.2. The molecule has 28 heavy (non-hydrogen) atoms. The molecule has 0 unspecified atom stereocenters. The second-order valence-electron chi connectivity index (χ2n) is 6.07. The van der Waals surface area contributed by atoms with Crippen molar-refractivity contribution in [1.29, 1.82) is 0 Å². The summed E-state index contributed by atoms with van der Waals surface area (Å²) >= 11 is 0. The van der Waals surface area contributed by atoms with Crippen molar-refractivity contribution in [3.63, 3.8) is 0 Å². The lowest BCUT2D eigenvalue weighted by atomic mass is 10.1. The van der Waals surface area contributed by atoms with Crippen molar-refractivity contribution in [2.75, 3.05) is 5.32 Å². The van der Waals surface area contributed by atoms with Crippen molar-refractivity contribution in [2.45, 2.75) is 6.54 Å². The molecule has 0 aliphatic carbocycles. The maximum Gasteiger partial charge on any atom is 0.254 e. The first-order valence-electron chi connectivity index (χ1n) is 8.78. The van der Waals surface area contributed by atoms with E-state index in [2.05, 4.69) is 25.6 Å². The predicted molar refractivity (Wildman–Crippen MR) is 106 cm³/mol. The van der Waals surface area contributed by atoms with Gasteiger partial charge in [0, 0.05) is 37.0 Å². The van der Waals surface area contributed by atoms with Gasteiger partial charge in [0.15, 0.2) is 0 Å². The lowest BCUT2D eigenvalue weighted by Gasteiger charge is -2.11. The summed E-state index contributed by atoms with van der Waals surface area (Å²) in [5, 5.41) is 6.00. The third-order valence-corrected chi connectivity index (χ3v) is 4.16. The zero-order valence-electron chi connectivity index (χ0n) is 15.0. The van der Waals surface area contributed by atoms with Crippen LogP contribution in [0.15, 0.2) is 85.7 Å². The first-order chi connectivity index (χ1) is 13.8. The molecule has 138 valence electrons. The number of para-hydroxylation sites is 2. The van der Waals surface area contributed by atoms with Gasteiger partial charge in [-0.1, -0.05) is 36.4 Å². The van der Waals surface area contributed by atoms with E-state index >= 15 is 0 Å². The molecule has 4 aromatic rings. The SMILES string of the molecule is O=C(NCc1ccccc1-n1ccnc1)c1cnc(Nc2ccccc2)nc1. The molecule has 0 spiro atoms. The van der Waals surface area contributed by atoms with E-state index in [-0.39, 0.29) is 5.91 Å². The highest BCUT2D eigenvalue weighted by molar-refractivity contribution is 5.93. The standard InChI is InChI=1S/C21H18N6O/c28-20(17-13-24-21(25-14-17)26-18-7-2-1-3-8-18)23-12-16-6-4-5-9-19(16)27-11-10-22-15-27/h1-11,13-15H,12H2,(H,23,28)(H,24,25,26). The molecule has 0 aliphatic heterocycles. The molecular weight excluding hydrogens is 352 g/mol. The van der Waals surface area contributed by atoms with Gasteiger partial charge >= 0.3 is 0 Å². The smallest absolute Gasteiger partial charge is 0.254 e. The first kappa shape index (κ1) is 17.4. The van der Waals surface area contributed by atoms with Crippen LogP contribution in [0.4, 0.5) is 11.6 Å². The summed E-state index contributed by atoms with van der Waals surface area (Å²) in [6.45, 7) is 0.386. The molecule has 0 bridgehead atoms. The van der Waals surface area contributed by atoms with Crippen LogP contribution in [0.2, 0.25) is 0 Å². The van der Waals surface area contributed by atoms with Crippen LogP contribution in [-0.2, 0) is 6.54 Å². The summed E-state index contributed by atoms with van der Waals surface area (Å²) in [7, 11) is 0. The van der Waals surface area contributed by atoms with E-state index in [1.165, 1.54) is 12.4 Å². The number of aromatic nitrogens is 4. The maximum absolute atomic E-state index is 12.5. The van der Waals surface area contributed by atoms with Crippen LogP contribution in [0.3, 0.4) is 0 Å². The normalized spacial score (nSPS) is 10.4. The lowest BCUT2D eigenvalue weighted by molar-refractivity contribution is 0.0950. The Morgan fingerprint density at radius 3 is 2.46 bits per heavy atom. The summed E-state index contributed by atoms with van der Waals surface area (Å²) in [5.41, 5.74) is 3.24. The second-order valence-corrected chi connectivity index (χ2v) is 6.07. The number of nitrogens with one attached hydrogen (secondary N) is 2. The van der Waals surface area contributed by atoms with Crippen LogP contribution in [0.1, 0.15) is 15.9 Å². The van der Waals surface area contributed by atoms with Crippen molar-refractivity contribution >= 4 is 17.5 Å². The molecule has 2 aromatic carbocycles. The van der Waals surface area contributed by atoms with Crippen LogP contribution in [0.25, 0.3) is 5.69 Å². The van der Waals surface area contributed by atoms with Crippen LogP contribution in [0, 0.1) is 0 Å². The number of amides is 1. The highest BCUT2D eigenvalue weighted by Crippen LogP contribution is 2.14. The summed E-state index contributed by atoms with van der Waals surface area (Å²) in [6.07, 6.45) is 8.34. The molecule has 0 aliphatic rings. The van der Waals surface area contributed by atoms with Gasteiger partial charge in [0.1, 0.15) is 0 Å². The van der Waals surface area contributed by atoms with Gasteiger partial charge in [-0.2, -0.15) is 0 Å². The van der Waals surface area contributed by atoms with Crippen molar-refractivity contribution in [3.05, 3.63) is 96.8 Å². The molecule has 2 heterocycles. The van der Waals surface area contributed by atoms with Crippen LogP contribution in [0.5, 0.6) is 0 Å². The Morgan fingerprint density at radius 2 is 1.71 bits per heavy atom. The maximum atomic E-state index is 12.5. The fourth-order valence-electron chi connectivity index (χ4n) is 2.75. The third-order valence-electron chi connectivity index (χ3n) is 4.16. The van der Waals surface area contributed by atoms with E-state index in [1.54, 1.807) is 12.5 Å². The molecule has 0 radical (unpaired) electrons. The van der Waals surface area contributed by atoms with Crippen molar-refractivity contribution in [3.8, 4) is 5.69 Å². The molecule has 0 saturated carbocycles. The molecule has 0 fully saturated rings. The molecule has 2 aromatic heterocycles. The topological polar surface area (TPSA) is 84.7 Å². The molecular formula is C21H18N6O. The molecule has 0 atom stereocenters. The van der Waals surface area contributed by atoms with Crippen molar-refractivity contribution in [2.24, 2.45) is 0 Å². The summed E-state index contributed by atoms with van der Waals surface area (Å²) < 4.78 is 1.91. The van der Waals surface area contributed by atoms with E-state index < -0.39 is 0 Å². The van der Waals surface area contributed by atoms with Gasteiger partial charge < -0.3 is 15.2 Å². The number of hydrogen-bond acceptors (Lipinski definition) is 5. The highest BCUT2D eigenvalue weighted by atomic mass is 16.1. The Kier molecular flexibility index (Phi) is 5.06. The van der Waals surface area contributed by atoms with E-state index in [9.17, 15) is 4.79 Å². The average molecular weight is 370 g/mol. The van der Waals surface area contributed by atoms with Gasteiger partial charge in [-0.25, -0.2) is 15.0 Å². The van der Waals surface area contributed by atoms with Crippen molar-refractivity contribution < 1.29 is 4.79 Å². The van der Waals surface area contributed by atoms with Gasteiger partial charge in [-0.15, -0.1) is 0 Å². The van der Waals surface area contributed by atoms with Crippen LogP contribution >= 0.6 is 0 Å². The first-order valence-corrected chi connectivity index (χ1v) is 8.78. The summed E-state index contributed by atoms with van der Waals surface area (Å²) in [4.78, 5) is 25.0. The Morgan fingerprint density at radius 1 is 0.964 bits per heavy atom. The molecule has 7 heteroatoms. The van der Waals surface area contributed by atoms with E-state index in [0.29, 0.717) is 18.1 Å². The van der Waals surface area contributed by atoms with E-state index in [0.717, 1.165) is 16.9 Å². The van der Waals surface area contributed by atoms with Gasteiger partial charge in [-0.3, -0.25) is 4.79 Å². The second kappa shape index (κ2) is 8.13. The fraction of sp³-hybridized carbons (Fsp3) is 0.0476. The minimum Gasteiger partial charge on any atom is -0.348 e. The summed E-state index contributed by atoms with van der Waals surface area (Å²) in [5.74, 6) is 0.208. The monoisotopic (exact) mass is 370 g/mol. The quantitative estimate of drug-likeness (QED) is 0.544. The van der Waals surface area contributed by atoms with Crippen molar-refractivity contribution in [1.82, 2.24) is 24.8 Å². The average Bonchev–Trinajstić information content (AvgIpc) is 3.28. The Hall–Kier alpha value is -4.00. The van der Waals surface area contributed by atoms with Gasteiger partial charge in [0.05, 0.1) is 17.6 Å². The number of imidazole rings is 1. The summed E-state index contributed by atoms with van der Waals surface area (Å²) in [6, 6.07) is 17.5. The van der Waals surface area contributed by atoms with Gasteiger partial charge in [-0.05, 0) is 23.8 Å². The van der Waals surface area contributed by atoms with Crippen LogP contribution in [-0.4, -0.2) is 25.4 Å². The largest absolute Gasteiger partial charge is 0.348 e. The number of carbonyl (C=O) groups is 1. The zero-order valence-corrected chi connectivity index (χ0v) is 15.0. The van der Waals surface area contributed by atoms with E-state index in [4.69, 9.17) is 0 Å². The van der Waals surface area contributed by atoms with E-state index in [1.807, 2.05) is 65.4 Å². The Balaban J connectivity index is 1.41. The third kappa shape index (κ3) is 4.04. The molecule has 4 rings (SSSR count). The molecule has 2 N–H and O–H groups in total. The number of benzene rings is 2. The lowest BCUT2D eigenvalue weighted by Crippen LogP contribution is -2.24. The van der Waals surface area contributed by atoms with Gasteiger partial charge in [0.25, 0.3) is 5.91 Å². The Bertz CT molecular complexity index is 1050. The molecule has 1 amide bonds. The van der Waals surface area contributed by atoms with Crippen LogP contribution < -0.4 is 10.6 Å². The predicted octanol–water partition coefficient (Wildman–Crippen LogP) is 3.34. The fourth-order valence-corrected chi connectivity index (χ4v) is 2.75. The minimum atomic E-state index is -0.230. The number of hydrogen-bond donors (Lipinski definition) is 2. The number of rotatable bonds is 6. The number of anilines is 2. The highest BCUT2D eigenvalue weighted by Gasteiger charge is 2.09. The number of carbonyl (C=O) groups excluding carboxylic acids is 1. The Labute approximate surface area is 162 Å². The van der Waals surface area contributed by atoms with Gasteiger partial charge in [0.2, 0.25) is 5.95 Å².